The molecule has 3 heteroatoms. The Balaban J connectivity index is 2.43. The minimum absolute atomic E-state index is 0.279. The van der Waals surface area contributed by atoms with Gasteiger partial charge in [0.25, 0.3) is 0 Å². The molecule has 0 saturated carbocycles. The van der Waals surface area contributed by atoms with Crippen LogP contribution >= 0.6 is 11.6 Å². The Morgan fingerprint density at radius 2 is 2.20 bits per heavy atom. The number of aryl methyl sites for hydroxylation is 1. The molecule has 1 unspecified atom stereocenters. The summed E-state index contributed by atoms with van der Waals surface area (Å²) >= 11 is 6.15. The van der Waals surface area contributed by atoms with Crippen LogP contribution in [0.25, 0.3) is 0 Å². The van der Waals surface area contributed by atoms with Crippen molar-refractivity contribution in [3.8, 4) is 5.75 Å². The molecular formula is C12H18ClNO. The first-order chi connectivity index (χ1) is 7.26. The highest BCUT2D eigenvalue weighted by Crippen LogP contribution is 2.16. The van der Waals surface area contributed by atoms with Gasteiger partial charge in [-0.2, -0.15) is 0 Å². The van der Waals surface area contributed by atoms with Crippen LogP contribution < -0.4 is 4.74 Å². The molecule has 1 rings (SSSR count). The molecule has 0 N–H and O–H groups in total. The fourth-order valence-electron chi connectivity index (χ4n) is 1.49. The monoisotopic (exact) mass is 227 g/mol. The van der Waals surface area contributed by atoms with E-state index < -0.39 is 0 Å². The average molecular weight is 228 g/mol. The fraction of sp³-hybridized carbons (Fsp3) is 0.583. The summed E-state index contributed by atoms with van der Waals surface area (Å²) in [4.78, 5) is 4.11. The number of hydrogen-bond donors (Lipinski definition) is 0. The molecule has 0 saturated heterocycles. The van der Waals surface area contributed by atoms with E-state index in [2.05, 4.69) is 11.9 Å². The minimum atomic E-state index is 0.279. The lowest BCUT2D eigenvalue weighted by Crippen LogP contribution is -2.00. The van der Waals surface area contributed by atoms with Crippen molar-refractivity contribution in [2.45, 2.75) is 38.0 Å². The van der Waals surface area contributed by atoms with E-state index in [1.54, 1.807) is 13.3 Å². The second-order valence-electron chi connectivity index (χ2n) is 3.66. The third-order valence-corrected chi connectivity index (χ3v) is 2.79. The lowest BCUT2D eigenvalue weighted by atomic mass is 10.1. The third kappa shape index (κ3) is 4.52. The molecular weight excluding hydrogens is 210 g/mol. The molecule has 0 aliphatic carbocycles. The Bertz CT molecular complexity index is 291. The molecule has 0 bridgehead atoms. The number of halogens is 1. The van der Waals surface area contributed by atoms with E-state index in [0.717, 1.165) is 31.4 Å². The van der Waals surface area contributed by atoms with E-state index in [-0.39, 0.29) is 5.38 Å². The van der Waals surface area contributed by atoms with Gasteiger partial charge in [-0.05, 0) is 30.9 Å². The van der Waals surface area contributed by atoms with E-state index in [1.165, 1.54) is 5.56 Å². The average Bonchev–Trinajstić information content (AvgIpc) is 2.27. The number of rotatable bonds is 6. The van der Waals surface area contributed by atoms with E-state index in [9.17, 15) is 0 Å². The summed E-state index contributed by atoms with van der Waals surface area (Å²) < 4.78 is 5.11. The van der Waals surface area contributed by atoms with Crippen LogP contribution in [0.5, 0.6) is 5.75 Å². The van der Waals surface area contributed by atoms with Gasteiger partial charge in [0.1, 0.15) is 5.75 Å². The van der Waals surface area contributed by atoms with Crippen LogP contribution in [0, 0.1) is 0 Å². The summed E-state index contributed by atoms with van der Waals surface area (Å²) in [6.45, 7) is 2.16. The number of hydrogen-bond acceptors (Lipinski definition) is 2. The topological polar surface area (TPSA) is 22.1 Å². The summed E-state index contributed by atoms with van der Waals surface area (Å²) in [6.07, 6.45) is 7.79. The van der Waals surface area contributed by atoms with Crippen LogP contribution in [-0.4, -0.2) is 17.5 Å². The molecule has 15 heavy (non-hydrogen) atoms. The first-order valence-electron chi connectivity index (χ1n) is 5.38. The zero-order valence-electron chi connectivity index (χ0n) is 9.37. The first-order valence-corrected chi connectivity index (χ1v) is 5.82. The highest BCUT2D eigenvalue weighted by atomic mass is 35.5. The van der Waals surface area contributed by atoms with Gasteiger partial charge in [0.2, 0.25) is 0 Å². The Labute approximate surface area is 96.6 Å². The van der Waals surface area contributed by atoms with Gasteiger partial charge >= 0.3 is 0 Å². The molecule has 0 spiro atoms. The van der Waals surface area contributed by atoms with Crippen molar-refractivity contribution in [2.75, 3.05) is 7.11 Å². The van der Waals surface area contributed by atoms with Crippen LogP contribution in [0.3, 0.4) is 0 Å². The standard InChI is InChI=1S/C12H18ClNO/c1-3-4-11(13)6-5-10-7-12(15-2)9-14-8-10/h7-9,11H,3-6H2,1-2H3. The number of pyridine rings is 1. The number of nitrogens with zero attached hydrogens (tertiary/aromatic N) is 1. The zero-order chi connectivity index (χ0) is 11.1. The van der Waals surface area contributed by atoms with Crippen LogP contribution in [0.2, 0.25) is 0 Å². The van der Waals surface area contributed by atoms with Crippen molar-refractivity contribution in [2.24, 2.45) is 0 Å². The molecule has 0 amide bonds. The highest BCUT2D eigenvalue weighted by molar-refractivity contribution is 6.20. The third-order valence-electron chi connectivity index (χ3n) is 2.35. The maximum Gasteiger partial charge on any atom is 0.137 e. The minimum Gasteiger partial charge on any atom is -0.495 e. The van der Waals surface area contributed by atoms with E-state index in [4.69, 9.17) is 16.3 Å². The van der Waals surface area contributed by atoms with Crippen LogP contribution in [0.4, 0.5) is 0 Å². The predicted molar refractivity (Wildman–Crippen MR) is 63.7 cm³/mol. The molecule has 0 aliphatic rings. The van der Waals surface area contributed by atoms with Gasteiger partial charge in [-0.3, -0.25) is 4.98 Å². The Hall–Kier alpha value is -0.760. The van der Waals surface area contributed by atoms with Crippen molar-refractivity contribution in [1.82, 2.24) is 4.98 Å². The molecule has 0 aliphatic heterocycles. The van der Waals surface area contributed by atoms with Gasteiger partial charge in [-0.25, -0.2) is 0 Å². The van der Waals surface area contributed by atoms with Gasteiger partial charge in [-0.1, -0.05) is 13.3 Å². The summed E-state index contributed by atoms with van der Waals surface area (Å²) in [5.41, 5.74) is 1.19. The van der Waals surface area contributed by atoms with Gasteiger partial charge < -0.3 is 4.74 Å². The Morgan fingerprint density at radius 3 is 2.87 bits per heavy atom. The van der Waals surface area contributed by atoms with Gasteiger partial charge in [0, 0.05) is 11.6 Å². The van der Waals surface area contributed by atoms with Crippen LogP contribution in [-0.2, 0) is 6.42 Å². The molecule has 0 aromatic carbocycles. The Kier molecular flexibility index (Phi) is 5.48. The van der Waals surface area contributed by atoms with Gasteiger partial charge in [0.05, 0.1) is 13.3 Å². The van der Waals surface area contributed by atoms with Gasteiger partial charge in [0.15, 0.2) is 0 Å². The smallest absolute Gasteiger partial charge is 0.137 e. The number of methoxy groups -OCH3 is 1. The maximum absolute atomic E-state index is 6.15. The van der Waals surface area contributed by atoms with E-state index >= 15 is 0 Å². The SMILES string of the molecule is CCCC(Cl)CCc1cncc(OC)c1. The van der Waals surface area contributed by atoms with Crippen molar-refractivity contribution >= 4 is 11.6 Å². The highest BCUT2D eigenvalue weighted by Gasteiger charge is 2.04. The quantitative estimate of drug-likeness (QED) is 0.695. The van der Waals surface area contributed by atoms with E-state index in [0.29, 0.717) is 0 Å². The predicted octanol–water partition coefficient (Wildman–Crippen LogP) is 3.43. The molecule has 84 valence electrons. The van der Waals surface area contributed by atoms with Crippen molar-refractivity contribution in [3.05, 3.63) is 24.0 Å². The van der Waals surface area contributed by atoms with Crippen LogP contribution in [0.15, 0.2) is 18.5 Å². The van der Waals surface area contributed by atoms with Crippen LogP contribution in [0.1, 0.15) is 31.7 Å². The Morgan fingerprint density at radius 1 is 1.40 bits per heavy atom. The summed E-state index contributed by atoms with van der Waals surface area (Å²) in [6, 6.07) is 2.02. The summed E-state index contributed by atoms with van der Waals surface area (Å²) in [5.74, 6) is 0.814. The zero-order valence-corrected chi connectivity index (χ0v) is 10.1. The molecule has 0 radical (unpaired) electrons. The lowest BCUT2D eigenvalue weighted by Gasteiger charge is -2.08. The molecule has 1 aromatic rings. The molecule has 1 aromatic heterocycles. The van der Waals surface area contributed by atoms with Crippen molar-refractivity contribution < 1.29 is 4.74 Å². The number of ether oxygens (including phenoxy) is 1. The maximum atomic E-state index is 6.15. The van der Waals surface area contributed by atoms with Crippen molar-refractivity contribution in [1.29, 1.82) is 0 Å². The summed E-state index contributed by atoms with van der Waals surface area (Å²) in [7, 11) is 1.65. The van der Waals surface area contributed by atoms with Crippen molar-refractivity contribution in [3.63, 3.8) is 0 Å². The largest absolute Gasteiger partial charge is 0.495 e. The summed E-state index contributed by atoms with van der Waals surface area (Å²) in [5, 5.41) is 0.279. The normalized spacial score (nSPS) is 12.5. The molecule has 1 atom stereocenters. The fourth-order valence-corrected chi connectivity index (χ4v) is 1.82. The second kappa shape index (κ2) is 6.67. The molecule has 2 nitrogen and oxygen atoms in total. The number of alkyl halides is 1. The first kappa shape index (κ1) is 12.3. The van der Waals surface area contributed by atoms with E-state index in [1.807, 2.05) is 12.3 Å². The second-order valence-corrected chi connectivity index (χ2v) is 4.27. The molecule has 1 heterocycles. The number of aromatic nitrogens is 1. The molecule has 0 fully saturated rings. The van der Waals surface area contributed by atoms with Gasteiger partial charge in [-0.15, -0.1) is 11.6 Å². The lowest BCUT2D eigenvalue weighted by molar-refractivity contribution is 0.412.